The molecular weight excluding hydrogens is 595 g/mol. The van der Waals surface area contributed by atoms with Gasteiger partial charge in [-0.15, -0.1) is 0 Å². The second-order valence-electron chi connectivity index (χ2n) is 14.1. The Morgan fingerprint density at radius 3 is 1.09 bits per heavy atom. The zero-order chi connectivity index (χ0) is 34.1. The van der Waals surface area contributed by atoms with Crippen LogP contribution in [0.25, 0.3) is 0 Å². The van der Waals surface area contributed by atoms with E-state index in [0.29, 0.717) is 18.0 Å². The van der Waals surface area contributed by atoms with E-state index in [4.69, 9.17) is 0 Å². The lowest BCUT2D eigenvalue weighted by Gasteiger charge is -2.22. The molecule has 47 heavy (non-hydrogen) atoms. The largest absolute Gasteiger partial charge is 0.243 e. The maximum Gasteiger partial charge on any atom is 0.243 e. The monoisotopic (exact) mass is 672 g/mol. The topological polar surface area (TPSA) is 37.4 Å². The smallest absolute Gasteiger partial charge is 0.207 e. The molecule has 0 fully saturated rings. The van der Waals surface area contributed by atoms with Crippen LogP contribution in [0.15, 0.2) is 53.5 Å². The molecule has 0 heterocycles. The van der Waals surface area contributed by atoms with Crippen molar-refractivity contribution >= 4 is 10.0 Å². The number of benzene rings is 1. The molecule has 4 heteroatoms. The van der Waals surface area contributed by atoms with Gasteiger partial charge in [-0.25, -0.2) is 8.42 Å². The minimum absolute atomic E-state index is 0.442. The maximum absolute atomic E-state index is 13.5. The van der Waals surface area contributed by atoms with Gasteiger partial charge in [0.1, 0.15) is 0 Å². The third kappa shape index (κ3) is 25.3. The standard InChI is InChI=1S/C43H77NO2S/c1-4-6-8-10-12-14-16-18-20-22-24-26-28-30-32-34-40-44(47(45,46)43-38-36-42(3)37-39-43)41-35-33-31-29-27-25-23-21-19-17-15-13-11-9-7-5-2/h18-21,36-39H,4-17,22-35,40-41H2,1-3H3/b20-18-,21-19-. The van der Waals surface area contributed by atoms with Crippen LogP contribution in [0.4, 0.5) is 0 Å². The summed E-state index contributed by atoms with van der Waals surface area (Å²) in [5, 5.41) is 0. The van der Waals surface area contributed by atoms with Gasteiger partial charge in [0, 0.05) is 13.1 Å². The number of hydrogen-bond donors (Lipinski definition) is 0. The van der Waals surface area contributed by atoms with Gasteiger partial charge in [-0.2, -0.15) is 4.31 Å². The summed E-state index contributed by atoms with van der Waals surface area (Å²) in [4.78, 5) is 0.442. The predicted molar refractivity (Wildman–Crippen MR) is 209 cm³/mol. The molecule has 0 amide bonds. The number of allylic oxidation sites excluding steroid dienone is 4. The van der Waals surface area contributed by atoms with Crippen LogP contribution in [0.5, 0.6) is 0 Å². The Morgan fingerprint density at radius 1 is 0.447 bits per heavy atom. The Kier molecular flexibility index (Phi) is 29.6. The van der Waals surface area contributed by atoms with Gasteiger partial charge in [0.15, 0.2) is 0 Å². The van der Waals surface area contributed by atoms with Gasteiger partial charge in [-0.1, -0.05) is 171 Å². The summed E-state index contributed by atoms with van der Waals surface area (Å²) in [6, 6.07) is 7.39. The summed E-state index contributed by atoms with van der Waals surface area (Å²) in [5.74, 6) is 0. The minimum atomic E-state index is -3.44. The van der Waals surface area contributed by atoms with Crippen LogP contribution in [-0.4, -0.2) is 25.8 Å². The molecule has 0 aliphatic carbocycles. The van der Waals surface area contributed by atoms with Gasteiger partial charge in [0.05, 0.1) is 4.90 Å². The Hall–Kier alpha value is -1.39. The fraction of sp³-hybridized carbons (Fsp3) is 0.767. The Bertz CT molecular complexity index is 924. The highest BCUT2D eigenvalue weighted by molar-refractivity contribution is 7.89. The van der Waals surface area contributed by atoms with Gasteiger partial charge < -0.3 is 0 Å². The highest BCUT2D eigenvalue weighted by atomic mass is 32.2. The Labute approximate surface area is 294 Å². The van der Waals surface area contributed by atoms with Crippen molar-refractivity contribution in [3.05, 3.63) is 54.1 Å². The van der Waals surface area contributed by atoms with E-state index >= 15 is 0 Å². The van der Waals surface area contributed by atoms with E-state index in [1.807, 2.05) is 19.1 Å². The molecule has 0 saturated carbocycles. The van der Waals surface area contributed by atoms with E-state index in [1.54, 1.807) is 16.4 Å². The molecule has 1 aromatic carbocycles. The van der Waals surface area contributed by atoms with E-state index < -0.39 is 10.0 Å². The van der Waals surface area contributed by atoms with Crippen LogP contribution in [0.2, 0.25) is 0 Å². The lowest BCUT2D eigenvalue weighted by Crippen LogP contribution is -2.33. The molecule has 272 valence electrons. The molecule has 0 spiro atoms. The highest BCUT2D eigenvalue weighted by Crippen LogP contribution is 2.20. The average molecular weight is 672 g/mol. The zero-order valence-electron chi connectivity index (χ0n) is 31.5. The molecule has 0 aliphatic rings. The molecular formula is C43H77NO2S. The minimum Gasteiger partial charge on any atom is -0.207 e. The van der Waals surface area contributed by atoms with Crippen LogP contribution in [0.1, 0.15) is 199 Å². The Balaban J connectivity index is 2.23. The van der Waals surface area contributed by atoms with Crippen molar-refractivity contribution in [2.45, 2.75) is 205 Å². The lowest BCUT2D eigenvalue weighted by atomic mass is 10.1. The number of hydrogen-bond acceptors (Lipinski definition) is 2. The summed E-state index contributed by atoms with van der Waals surface area (Å²) >= 11 is 0. The van der Waals surface area contributed by atoms with Crippen LogP contribution in [0, 0.1) is 6.92 Å². The molecule has 0 radical (unpaired) electrons. The van der Waals surface area contributed by atoms with E-state index in [0.717, 1.165) is 31.2 Å². The summed E-state index contributed by atoms with van der Waals surface area (Å²) in [5.41, 5.74) is 1.09. The van der Waals surface area contributed by atoms with E-state index in [9.17, 15) is 8.42 Å². The molecule has 0 aromatic heterocycles. The van der Waals surface area contributed by atoms with Crippen molar-refractivity contribution in [1.29, 1.82) is 0 Å². The first-order valence-electron chi connectivity index (χ1n) is 20.4. The normalized spacial score (nSPS) is 12.3. The van der Waals surface area contributed by atoms with Crippen LogP contribution >= 0.6 is 0 Å². The molecule has 0 aliphatic heterocycles. The summed E-state index contributed by atoms with van der Waals surface area (Å²) in [6.45, 7) is 7.84. The SMILES string of the molecule is CCCCCCCC/C=C\CCCCCCCCN(CCCCCCCC/C=C\CCCCCCCC)S(=O)(=O)c1ccc(C)cc1. The van der Waals surface area contributed by atoms with Crippen molar-refractivity contribution in [1.82, 2.24) is 4.31 Å². The molecule has 0 unspecified atom stereocenters. The van der Waals surface area contributed by atoms with Gasteiger partial charge in [-0.3, -0.25) is 0 Å². The third-order valence-electron chi connectivity index (χ3n) is 9.50. The second kappa shape index (κ2) is 31.9. The van der Waals surface area contributed by atoms with Gasteiger partial charge in [0.2, 0.25) is 10.0 Å². The predicted octanol–water partition coefficient (Wildman–Crippen LogP) is 14.1. The third-order valence-corrected chi connectivity index (χ3v) is 11.4. The van der Waals surface area contributed by atoms with Crippen molar-refractivity contribution in [2.24, 2.45) is 0 Å². The van der Waals surface area contributed by atoms with Crippen LogP contribution in [-0.2, 0) is 10.0 Å². The van der Waals surface area contributed by atoms with Crippen LogP contribution < -0.4 is 0 Å². The fourth-order valence-corrected chi connectivity index (χ4v) is 7.80. The van der Waals surface area contributed by atoms with E-state index in [-0.39, 0.29) is 0 Å². The second-order valence-corrected chi connectivity index (χ2v) is 16.0. The molecule has 3 nitrogen and oxygen atoms in total. The number of rotatable bonds is 34. The van der Waals surface area contributed by atoms with Gasteiger partial charge in [0.25, 0.3) is 0 Å². The summed E-state index contributed by atoms with van der Waals surface area (Å²) in [6.07, 6.45) is 45.1. The number of unbranched alkanes of at least 4 members (excludes halogenated alkanes) is 24. The average Bonchev–Trinajstić information content (AvgIpc) is 3.07. The first-order chi connectivity index (χ1) is 23.0. The van der Waals surface area contributed by atoms with Gasteiger partial charge in [-0.05, 0) is 83.3 Å². The number of nitrogens with zero attached hydrogens (tertiary/aromatic N) is 1. The summed E-state index contributed by atoms with van der Waals surface area (Å²) < 4.78 is 28.9. The summed E-state index contributed by atoms with van der Waals surface area (Å²) in [7, 11) is -3.44. The number of sulfonamides is 1. The molecule has 0 N–H and O–H groups in total. The first kappa shape index (κ1) is 43.6. The van der Waals surface area contributed by atoms with Gasteiger partial charge >= 0.3 is 0 Å². The van der Waals surface area contributed by atoms with Crippen molar-refractivity contribution in [2.75, 3.05) is 13.1 Å². The first-order valence-corrected chi connectivity index (χ1v) is 21.8. The fourth-order valence-electron chi connectivity index (χ4n) is 6.28. The van der Waals surface area contributed by atoms with Crippen LogP contribution in [0.3, 0.4) is 0 Å². The van der Waals surface area contributed by atoms with E-state index in [1.165, 1.54) is 154 Å². The number of aryl methyl sites for hydroxylation is 1. The molecule has 0 saturated heterocycles. The maximum atomic E-state index is 13.5. The quantitative estimate of drug-likeness (QED) is 0.0540. The molecule has 0 bridgehead atoms. The molecule has 0 atom stereocenters. The van der Waals surface area contributed by atoms with Crippen molar-refractivity contribution in [3.63, 3.8) is 0 Å². The molecule has 1 aromatic rings. The van der Waals surface area contributed by atoms with Crippen molar-refractivity contribution in [3.8, 4) is 0 Å². The van der Waals surface area contributed by atoms with E-state index in [2.05, 4.69) is 38.2 Å². The molecule has 1 rings (SSSR count). The van der Waals surface area contributed by atoms with Crippen molar-refractivity contribution < 1.29 is 8.42 Å². The lowest BCUT2D eigenvalue weighted by molar-refractivity contribution is 0.383. The Morgan fingerprint density at radius 2 is 0.745 bits per heavy atom. The zero-order valence-corrected chi connectivity index (χ0v) is 32.3. The highest BCUT2D eigenvalue weighted by Gasteiger charge is 2.23.